The van der Waals surface area contributed by atoms with Crippen LogP contribution in [0.2, 0.25) is 0 Å². The second-order valence-corrected chi connectivity index (χ2v) is 6.75. The number of hydrogen-bond donors (Lipinski definition) is 1. The summed E-state index contributed by atoms with van der Waals surface area (Å²) in [6.07, 6.45) is -21.7. The van der Waals surface area contributed by atoms with Gasteiger partial charge in [-0.3, -0.25) is 4.79 Å². The van der Waals surface area contributed by atoms with Crippen LogP contribution in [-0.4, -0.2) is 10.9 Å². The molecular weight excluding hydrogens is 578 g/mol. The Morgan fingerprint density at radius 1 is 0.611 bits per heavy atom. The van der Waals surface area contributed by atoms with Crippen molar-refractivity contribution in [3.05, 3.63) is 75.4 Å². The molecule has 0 saturated heterocycles. The third-order valence-corrected chi connectivity index (χ3v) is 4.29. The van der Waals surface area contributed by atoms with Crippen LogP contribution in [0.5, 0.6) is 0 Å². The van der Waals surface area contributed by atoms with Gasteiger partial charge in [-0.1, -0.05) is 0 Å². The summed E-state index contributed by atoms with van der Waals surface area (Å²) < 4.78 is 156. The third-order valence-electron chi connectivity index (χ3n) is 4.29. The normalized spacial score (nSPS) is 13.4. The summed E-state index contributed by atoms with van der Waals surface area (Å²) >= 11 is 0. The number of aliphatic hydroxyl groups is 1. The van der Waals surface area contributed by atoms with Gasteiger partial charge in [0.25, 0.3) is 0 Å². The number of allylic oxidation sites excluding steroid dienone is 1. The molecule has 0 atom stereocenters. The fourth-order valence-corrected chi connectivity index (χ4v) is 2.68. The average molecular weight is 585 g/mol. The Morgan fingerprint density at radius 2 is 0.889 bits per heavy atom. The van der Waals surface area contributed by atoms with E-state index in [9.17, 15) is 62.6 Å². The van der Waals surface area contributed by atoms with E-state index in [4.69, 9.17) is 5.26 Å². The van der Waals surface area contributed by atoms with Crippen LogP contribution in [-0.2, 0) is 41.8 Å². The Morgan fingerprint density at radius 3 is 1.14 bits per heavy atom. The molecule has 3 nitrogen and oxygen atoms in total. The molecule has 0 spiro atoms. The van der Waals surface area contributed by atoms with Crippen LogP contribution in [0.15, 0.2) is 42.0 Å². The van der Waals surface area contributed by atoms with Crippen molar-refractivity contribution in [2.75, 3.05) is 0 Å². The second-order valence-electron chi connectivity index (χ2n) is 6.75. The van der Waals surface area contributed by atoms with Gasteiger partial charge in [0.2, 0.25) is 5.78 Å². The fraction of sp³-hybridized carbons (Fsp3) is 0.200. The molecule has 16 heteroatoms. The summed E-state index contributed by atoms with van der Waals surface area (Å²) in [7, 11) is 0. The number of carbonyl (C=O) groups is 1. The van der Waals surface area contributed by atoms with E-state index in [-0.39, 0.29) is 53.5 Å². The SMILES string of the molecule is N#C/C(C(=O)c1cc(C(F)(F)F)cc(C(F)(F)F)c1)=C(/O)c1cc(C(F)(F)F)cc(C(F)(F)F)c1.[Cu]. The summed E-state index contributed by atoms with van der Waals surface area (Å²) in [6.45, 7) is 0. The molecule has 1 N–H and O–H groups in total. The van der Waals surface area contributed by atoms with Crippen LogP contribution in [0.25, 0.3) is 5.76 Å². The van der Waals surface area contributed by atoms with E-state index in [0.29, 0.717) is 0 Å². The predicted molar refractivity (Wildman–Crippen MR) is 92.4 cm³/mol. The van der Waals surface area contributed by atoms with Gasteiger partial charge in [-0.2, -0.15) is 57.9 Å². The van der Waals surface area contributed by atoms with Crippen molar-refractivity contribution in [3.63, 3.8) is 0 Å². The smallest absolute Gasteiger partial charge is 0.416 e. The predicted octanol–water partition coefficient (Wildman–Crippen LogP) is 7.43. The summed E-state index contributed by atoms with van der Waals surface area (Å²) in [5, 5.41) is 19.2. The van der Waals surface area contributed by atoms with Gasteiger partial charge in [-0.25, -0.2) is 0 Å². The Balaban J connectivity index is 0.00000648. The van der Waals surface area contributed by atoms with Crippen molar-refractivity contribution in [2.24, 2.45) is 0 Å². The molecule has 2 aromatic rings. The maximum absolute atomic E-state index is 13.0. The number of halogens is 12. The number of alkyl halides is 12. The van der Waals surface area contributed by atoms with E-state index in [1.54, 1.807) is 0 Å². The van der Waals surface area contributed by atoms with Crippen molar-refractivity contribution >= 4 is 11.5 Å². The fourth-order valence-electron chi connectivity index (χ4n) is 2.68. The first-order chi connectivity index (χ1) is 15.7. The summed E-state index contributed by atoms with van der Waals surface area (Å²) in [5.74, 6) is -3.85. The summed E-state index contributed by atoms with van der Waals surface area (Å²) in [4.78, 5) is 12.5. The molecule has 0 aliphatic rings. The van der Waals surface area contributed by atoms with Crippen LogP contribution < -0.4 is 0 Å². The van der Waals surface area contributed by atoms with E-state index >= 15 is 0 Å². The van der Waals surface area contributed by atoms with Crippen molar-refractivity contribution in [1.82, 2.24) is 0 Å². The van der Waals surface area contributed by atoms with Crippen molar-refractivity contribution < 1.29 is 79.7 Å². The quantitative estimate of drug-likeness (QED) is 0.102. The first kappa shape index (κ1) is 30.8. The molecule has 2 rings (SSSR count). The van der Waals surface area contributed by atoms with Crippen molar-refractivity contribution in [1.29, 1.82) is 5.26 Å². The maximum Gasteiger partial charge on any atom is 0.416 e. The number of hydrogen-bond acceptors (Lipinski definition) is 3. The molecule has 1 radical (unpaired) electrons. The monoisotopic (exact) mass is 584 g/mol. The van der Waals surface area contributed by atoms with Gasteiger partial charge >= 0.3 is 24.7 Å². The minimum Gasteiger partial charge on any atom is -0.506 e. The third kappa shape index (κ3) is 6.94. The van der Waals surface area contributed by atoms with Crippen LogP contribution in [0.1, 0.15) is 38.2 Å². The standard InChI is InChI=1S/C20H7F12NO2.Cu/c21-17(22,23)10-1-8(2-11(5-10)18(24,25)26)15(34)14(7-33)16(35)9-3-12(19(27,28)29)6-13(4-9)20(30,31)32;/h1-6,34H;/b15-14-;. The van der Waals surface area contributed by atoms with Gasteiger partial charge in [0, 0.05) is 28.2 Å². The average Bonchev–Trinajstić information content (AvgIpc) is 2.70. The second kappa shape index (κ2) is 10.1. The van der Waals surface area contributed by atoms with Gasteiger partial charge in [-0.15, -0.1) is 0 Å². The Labute approximate surface area is 203 Å². The molecular formula is C20H7CuF12NO2. The number of carbonyl (C=O) groups excluding carboxylic acids is 1. The number of benzene rings is 2. The van der Waals surface area contributed by atoms with Gasteiger partial charge < -0.3 is 5.11 Å². The van der Waals surface area contributed by atoms with Gasteiger partial charge in [0.15, 0.2) is 0 Å². The van der Waals surface area contributed by atoms with E-state index in [1.165, 1.54) is 0 Å². The Hall–Kier alpha value is -3.18. The molecule has 2 aromatic carbocycles. The molecule has 36 heavy (non-hydrogen) atoms. The largest absolute Gasteiger partial charge is 0.506 e. The topological polar surface area (TPSA) is 61.1 Å². The van der Waals surface area contributed by atoms with Crippen LogP contribution in [0.4, 0.5) is 52.7 Å². The maximum atomic E-state index is 13.0. The molecule has 0 aliphatic heterocycles. The first-order valence-electron chi connectivity index (χ1n) is 8.63. The molecule has 0 fully saturated rings. The molecule has 0 saturated carbocycles. The van der Waals surface area contributed by atoms with Crippen LogP contribution in [0, 0.1) is 11.3 Å². The van der Waals surface area contributed by atoms with Crippen LogP contribution in [0.3, 0.4) is 0 Å². The zero-order valence-electron chi connectivity index (χ0n) is 16.6. The number of Topliss-reactive ketones (excluding diaryl/α,β-unsaturated/α-hetero) is 1. The molecule has 0 aromatic heterocycles. The number of rotatable bonds is 3. The number of ketones is 1. The van der Waals surface area contributed by atoms with E-state index in [0.717, 1.165) is 6.07 Å². The zero-order valence-corrected chi connectivity index (χ0v) is 17.5. The summed E-state index contributed by atoms with van der Waals surface area (Å²) in [5.41, 5.74) is -12.5. The molecule has 0 heterocycles. The van der Waals surface area contributed by atoms with Crippen molar-refractivity contribution in [2.45, 2.75) is 24.7 Å². The van der Waals surface area contributed by atoms with E-state index in [2.05, 4.69) is 0 Å². The molecule has 0 aliphatic carbocycles. The first-order valence-corrected chi connectivity index (χ1v) is 8.63. The molecule has 0 unspecified atom stereocenters. The van der Waals surface area contributed by atoms with E-state index < -0.39 is 75.2 Å². The van der Waals surface area contributed by atoms with E-state index in [1.807, 2.05) is 0 Å². The minimum atomic E-state index is -5.42. The van der Waals surface area contributed by atoms with Gasteiger partial charge in [0.1, 0.15) is 17.4 Å². The number of aliphatic hydroxyl groups excluding tert-OH is 1. The summed E-state index contributed by atoms with van der Waals surface area (Å²) in [6, 6.07) is -0.282. The van der Waals surface area contributed by atoms with Gasteiger partial charge in [0.05, 0.1) is 22.3 Å². The zero-order chi connectivity index (χ0) is 27.1. The van der Waals surface area contributed by atoms with Crippen molar-refractivity contribution in [3.8, 4) is 6.07 Å². The Bertz CT molecular complexity index is 1170. The van der Waals surface area contributed by atoms with Gasteiger partial charge in [-0.05, 0) is 36.4 Å². The van der Waals surface area contributed by atoms with Crippen LogP contribution >= 0.6 is 0 Å². The molecule has 0 bridgehead atoms. The number of nitrogens with zero attached hydrogens (tertiary/aromatic N) is 1. The Kier molecular flexibility index (Phi) is 8.62. The number of nitriles is 1. The minimum absolute atomic E-state index is 0. The molecule has 199 valence electrons. The molecule has 0 amide bonds.